The van der Waals surface area contributed by atoms with Gasteiger partial charge in [0.15, 0.2) is 6.61 Å². The van der Waals surface area contributed by atoms with Crippen LogP contribution in [0, 0.1) is 24.2 Å². The first kappa shape index (κ1) is 14.6. The molecular weight excluding hydrogens is 232 g/mol. The zero-order valence-corrected chi connectivity index (χ0v) is 11.0. The second-order valence-corrected chi connectivity index (χ2v) is 4.63. The molecule has 0 N–H and O–H groups in total. The fraction of sp³-hybridized carbons (Fsp3) is 0.714. The number of carbonyl (C=O) groups is 2. The molecule has 4 heteroatoms. The quantitative estimate of drug-likeness (QED) is 0.412. The van der Waals surface area contributed by atoms with Crippen LogP contribution in [-0.4, -0.2) is 24.6 Å². The maximum absolute atomic E-state index is 11.7. The summed E-state index contributed by atoms with van der Waals surface area (Å²) in [6.45, 7) is 3.87. The van der Waals surface area contributed by atoms with Gasteiger partial charge in [-0.25, -0.2) is 4.79 Å². The molecular formula is C14H20O4. The van der Waals surface area contributed by atoms with Gasteiger partial charge in [0.05, 0.1) is 5.92 Å². The van der Waals surface area contributed by atoms with Crippen molar-refractivity contribution in [3.63, 3.8) is 0 Å². The van der Waals surface area contributed by atoms with E-state index in [2.05, 4.69) is 12.8 Å². The van der Waals surface area contributed by atoms with Gasteiger partial charge in [0.2, 0.25) is 6.10 Å². The second kappa shape index (κ2) is 7.05. The van der Waals surface area contributed by atoms with E-state index in [1.807, 2.05) is 6.92 Å². The normalized spacial score (nSPS) is 26.5. The molecule has 1 heterocycles. The summed E-state index contributed by atoms with van der Waals surface area (Å²) in [7, 11) is 0. The summed E-state index contributed by atoms with van der Waals surface area (Å²) in [6.07, 6.45) is 8.15. The van der Waals surface area contributed by atoms with Crippen LogP contribution in [0.25, 0.3) is 0 Å². The molecule has 18 heavy (non-hydrogen) atoms. The van der Waals surface area contributed by atoms with Gasteiger partial charge in [-0.2, -0.15) is 0 Å². The molecule has 0 spiro atoms. The Morgan fingerprint density at radius 1 is 1.50 bits per heavy atom. The highest BCUT2D eigenvalue weighted by molar-refractivity contribution is 5.85. The van der Waals surface area contributed by atoms with Crippen molar-refractivity contribution in [1.82, 2.24) is 0 Å². The van der Waals surface area contributed by atoms with Crippen molar-refractivity contribution in [1.29, 1.82) is 0 Å². The molecule has 0 aromatic carbocycles. The molecule has 100 valence electrons. The highest BCUT2D eigenvalue weighted by atomic mass is 16.6. The van der Waals surface area contributed by atoms with Crippen LogP contribution < -0.4 is 0 Å². The first-order valence-electron chi connectivity index (χ1n) is 6.42. The Hall–Kier alpha value is -1.50. The smallest absolute Gasteiger partial charge is 0.348 e. The molecule has 0 unspecified atom stereocenters. The molecule has 1 saturated heterocycles. The van der Waals surface area contributed by atoms with E-state index in [1.54, 1.807) is 0 Å². The van der Waals surface area contributed by atoms with Gasteiger partial charge in [0.1, 0.15) is 0 Å². The van der Waals surface area contributed by atoms with Gasteiger partial charge in [0.25, 0.3) is 0 Å². The van der Waals surface area contributed by atoms with Crippen molar-refractivity contribution in [2.45, 2.75) is 45.6 Å². The molecule has 1 fully saturated rings. The summed E-state index contributed by atoms with van der Waals surface area (Å²) in [5.41, 5.74) is 0. The summed E-state index contributed by atoms with van der Waals surface area (Å²) in [5, 5.41) is 0. The van der Waals surface area contributed by atoms with Crippen molar-refractivity contribution in [2.75, 3.05) is 6.61 Å². The van der Waals surface area contributed by atoms with Crippen molar-refractivity contribution in [2.24, 2.45) is 11.8 Å². The van der Waals surface area contributed by atoms with Crippen LogP contribution in [-0.2, 0) is 19.1 Å². The SMILES string of the molecule is C#CCOC(=O)[C@H]1OC(=O)[C@H](CCCCC)[C@H]1C. The predicted octanol–water partition coefficient (Wildman–Crippen LogP) is 1.92. The first-order valence-corrected chi connectivity index (χ1v) is 6.42. The average molecular weight is 252 g/mol. The standard InChI is InChI=1S/C14H20O4/c1-4-6-7-8-11-10(3)12(18-13(11)15)14(16)17-9-5-2/h2,10-12H,4,6-9H2,1,3H3/t10-,11-,12+/m1/s1. The lowest BCUT2D eigenvalue weighted by Gasteiger charge is -2.14. The highest BCUT2D eigenvalue weighted by Crippen LogP contribution is 2.32. The van der Waals surface area contributed by atoms with E-state index >= 15 is 0 Å². The predicted molar refractivity (Wildman–Crippen MR) is 66.5 cm³/mol. The number of carbonyl (C=O) groups excluding carboxylic acids is 2. The number of esters is 2. The Kier molecular flexibility index (Phi) is 5.70. The number of unbranched alkanes of at least 4 members (excludes halogenated alkanes) is 2. The molecule has 0 amide bonds. The van der Waals surface area contributed by atoms with E-state index < -0.39 is 12.1 Å². The van der Waals surface area contributed by atoms with Crippen molar-refractivity contribution in [3.05, 3.63) is 0 Å². The Morgan fingerprint density at radius 2 is 2.22 bits per heavy atom. The van der Waals surface area contributed by atoms with E-state index in [4.69, 9.17) is 15.9 Å². The van der Waals surface area contributed by atoms with Gasteiger partial charge in [-0.05, 0) is 6.42 Å². The van der Waals surface area contributed by atoms with Gasteiger partial charge in [0, 0.05) is 5.92 Å². The second-order valence-electron chi connectivity index (χ2n) is 4.63. The number of rotatable bonds is 6. The molecule has 0 aliphatic carbocycles. The summed E-state index contributed by atoms with van der Waals surface area (Å²) in [5.74, 6) is 1.06. The van der Waals surface area contributed by atoms with Crippen LogP contribution in [0.5, 0.6) is 0 Å². The molecule has 1 rings (SSSR count). The zero-order chi connectivity index (χ0) is 13.5. The summed E-state index contributed by atoms with van der Waals surface area (Å²) < 4.78 is 9.91. The van der Waals surface area contributed by atoms with Crippen LogP contribution in [0.2, 0.25) is 0 Å². The maximum atomic E-state index is 11.7. The number of hydrogen-bond acceptors (Lipinski definition) is 4. The topological polar surface area (TPSA) is 52.6 Å². The van der Waals surface area contributed by atoms with Gasteiger partial charge in [-0.15, -0.1) is 6.42 Å². The molecule has 0 bridgehead atoms. The van der Waals surface area contributed by atoms with Gasteiger partial charge in [-0.1, -0.05) is 39.0 Å². The fourth-order valence-electron chi connectivity index (χ4n) is 2.20. The lowest BCUT2D eigenvalue weighted by Crippen LogP contribution is -2.29. The number of hydrogen-bond donors (Lipinski definition) is 0. The minimum absolute atomic E-state index is 0.0832. The van der Waals surface area contributed by atoms with E-state index in [9.17, 15) is 9.59 Å². The molecule has 4 nitrogen and oxygen atoms in total. The van der Waals surface area contributed by atoms with Crippen LogP contribution >= 0.6 is 0 Å². The Bertz CT molecular complexity index is 342. The molecule has 0 aromatic heterocycles. The van der Waals surface area contributed by atoms with Crippen molar-refractivity contribution >= 4 is 11.9 Å². The van der Waals surface area contributed by atoms with Crippen molar-refractivity contribution in [3.8, 4) is 12.3 Å². The monoisotopic (exact) mass is 252 g/mol. The molecule has 0 radical (unpaired) electrons. The minimum Gasteiger partial charge on any atom is -0.450 e. The zero-order valence-electron chi connectivity index (χ0n) is 11.0. The Morgan fingerprint density at radius 3 is 2.83 bits per heavy atom. The molecule has 1 aliphatic heterocycles. The number of terminal acetylenes is 1. The van der Waals surface area contributed by atoms with Crippen molar-refractivity contribution < 1.29 is 19.1 Å². The van der Waals surface area contributed by atoms with Gasteiger partial charge < -0.3 is 9.47 Å². The van der Waals surface area contributed by atoms with Crippen LogP contribution in [0.1, 0.15) is 39.5 Å². The molecule has 3 atom stereocenters. The average Bonchev–Trinajstić information content (AvgIpc) is 2.64. The van der Waals surface area contributed by atoms with Crippen LogP contribution in [0.15, 0.2) is 0 Å². The third-order valence-corrected chi connectivity index (χ3v) is 3.31. The minimum atomic E-state index is -0.794. The van der Waals surface area contributed by atoms with E-state index in [0.29, 0.717) is 0 Å². The molecule has 0 aromatic rings. The maximum Gasteiger partial charge on any atom is 0.348 e. The number of ether oxygens (including phenoxy) is 2. The van der Waals surface area contributed by atoms with E-state index in [-0.39, 0.29) is 24.4 Å². The highest BCUT2D eigenvalue weighted by Gasteiger charge is 2.45. The van der Waals surface area contributed by atoms with E-state index in [0.717, 1.165) is 25.7 Å². The third kappa shape index (κ3) is 3.49. The fourth-order valence-corrected chi connectivity index (χ4v) is 2.20. The summed E-state index contributed by atoms with van der Waals surface area (Å²) in [4.78, 5) is 23.3. The third-order valence-electron chi connectivity index (χ3n) is 3.31. The first-order chi connectivity index (χ1) is 8.61. The van der Waals surface area contributed by atoms with E-state index in [1.165, 1.54) is 0 Å². The lowest BCUT2D eigenvalue weighted by molar-refractivity contribution is -0.161. The number of cyclic esters (lactones) is 1. The summed E-state index contributed by atoms with van der Waals surface area (Å²) >= 11 is 0. The largest absolute Gasteiger partial charge is 0.450 e. The lowest BCUT2D eigenvalue weighted by atomic mass is 9.88. The molecule has 1 aliphatic rings. The van der Waals surface area contributed by atoms with Crippen LogP contribution in [0.4, 0.5) is 0 Å². The Labute approximate surface area is 108 Å². The molecule has 0 saturated carbocycles. The summed E-state index contributed by atoms with van der Waals surface area (Å²) in [6, 6.07) is 0. The van der Waals surface area contributed by atoms with Gasteiger partial charge in [-0.3, -0.25) is 4.79 Å². The van der Waals surface area contributed by atoms with Gasteiger partial charge >= 0.3 is 11.9 Å². The Balaban J connectivity index is 2.52. The van der Waals surface area contributed by atoms with Crippen LogP contribution in [0.3, 0.4) is 0 Å².